The number of carbonyl (C=O) groups is 2. The zero-order valence-corrected chi connectivity index (χ0v) is 18.7. The molecular formula is C30H20O5. The molecule has 0 heterocycles. The molecule has 5 heteroatoms. The molecule has 0 spiro atoms. The van der Waals surface area contributed by atoms with E-state index < -0.39 is 11.9 Å². The van der Waals surface area contributed by atoms with Crippen molar-refractivity contribution in [1.29, 1.82) is 0 Å². The number of carbonyl (C=O) groups excluding carboxylic acids is 2. The van der Waals surface area contributed by atoms with Gasteiger partial charge in [-0.1, -0.05) is 60.7 Å². The van der Waals surface area contributed by atoms with Gasteiger partial charge in [-0.05, 0) is 62.6 Å². The third-order valence-electron chi connectivity index (χ3n) is 6.35. The highest BCUT2D eigenvalue weighted by Gasteiger charge is 2.18. The molecule has 6 rings (SSSR count). The van der Waals surface area contributed by atoms with Crippen molar-refractivity contribution in [3.63, 3.8) is 0 Å². The molecule has 6 aromatic rings. The summed E-state index contributed by atoms with van der Waals surface area (Å²) in [6.45, 7) is -0.324. The van der Waals surface area contributed by atoms with Crippen LogP contribution in [0.1, 0.15) is 20.7 Å². The second-order valence-electron chi connectivity index (χ2n) is 8.38. The molecule has 0 aliphatic heterocycles. The highest BCUT2D eigenvalue weighted by molar-refractivity contribution is 6.34. The average Bonchev–Trinajstić information content (AvgIpc) is 2.90. The molecule has 0 amide bonds. The van der Waals surface area contributed by atoms with Crippen molar-refractivity contribution >= 4 is 55.0 Å². The van der Waals surface area contributed by atoms with Crippen molar-refractivity contribution < 1.29 is 24.2 Å². The Morgan fingerprint density at radius 3 is 1.83 bits per heavy atom. The monoisotopic (exact) mass is 460 g/mol. The summed E-state index contributed by atoms with van der Waals surface area (Å²) in [5.41, 5.74) is 0.613. The minimum atomic E-state index is -0.558. The number of fused-ring (bicyclic) bond motifs is 2. The minimum Gasteiger partial charge on any atom is -0.460 e. The number of benzene rings is 6. The smallest absolute Gasteiger partial charge is 0.343 e. The zero-order valence-electron chi connectivity index (χ0n) is 18.7. The molecule has 0 aliphatic rings. The molecule has 0 aliphatic carbocycles. The molecule has 0 saturated heterocycles. The van der Waals surface area contributed by atoms with E-state index in [-0.39, 0.29) is 13.2 Å². The van der Waals surface area contributed by atoms with Crippen molar-refractivity contribution in [2.24, 2.45) is 0 Å². The summed E-state index contributed by atoms with van der Waals surface area (Å²) in [5, 5.41) is 17.4. The van der Waals surface area contributed by atoms with E-state index in [0.717, 1.165) is 37.7 Å². The van der Waals surface area contributed by atoms with Crippen molar-refractivity contribution in [1.82, 2.24) is 0 Å². The third-order valence-corrected chi connectivity index (χ3v) is 6.35. The van der Waals surface area contributed by atoms with Gasteiger partial charge in [0.15, 0.2) is 0 Å². The van der Waals surface area contributed by atoms with Gasteiger partial charge in [0.2, 0.25) is 0 Å². The SMILES string of the molecule is O=C(OCCO)c1ccc(C(=O)Oc2ccc3cccc4c5cccc6cccc(c2c34)c65)cc1. The minimum absolute atomic E-state index is 0.0781. The molecule has 35 heavy (non-hydrogen) atoms. The topological polar surface area (TPSA) is 72.8 Å². The highest BCUT2D eigenvalue weighted by Crippen LogP contribution is 2.43. The van der Waals surface area contributed by atoms with Crippen LogP contribution in [0.3, 0.4) is 0 Å². The Morgan fingerprint density at radius 2 is 1.17 bits per heavy atom. The lowest BCUT2D eigenvalue weighted by Gasteiger charge is -2.17. The molecule has 6 aromatic carbocycles. The predicted octanol–water partition coefficient (Wildman–Crippen LogP) is 6.11. The molecule has 0 radical (unpaired) electrons. The summed E-state index contributed by atoms with van der Waals surface area (Å²) in [4.78, 5) is 25.1. The van der Waals surface area contributed by atoms with Crippen LogP contribution in [-0.4, -0.2) is 30.3 Å². The maximum Gasteiger partial charge on any atom is 0.343 e. The molecule has 0 atom stereocenters. The largest absolute Gasteiger partial charge is 0.460 e. The van der Waals surface area contributed by atoms with Gasteiger partial charge in [0.05, 0.1) is 17.7 Å². The number of hydrogen-bond donors (Lipinski definition) is 1. The van der Waals surface area contributed by atoms with Crippen LogP contribution < -0.4 is 4.74 Å². The maximum absolute atomic E-state index is 13.1. The van der Waals surface area contributed by atoms with E-state index in [9.17, 15) is 9.59 Å². The van der Waals surface area contributed by atoms with Crippen molar-refractivity contribution in [3.05, 3.63) is 102 Å². The van der Waals surface area contributed by atoms with Crippen molar-refractivity contribution in [2.75, 3.05) is 13.2 Å². The average molecular weight is 460 g/mol. The van der Waals surface area contributed by atoms with Crippen LogP contribution in [0.25, 0.3) is 43.1 Å². The van der Waals surface area contributed by atoms with Crippen LogP contribution in [0.15, 0.2) is 91.0 Å². The van der Waals surface area contributed by atoms with Crippen molar-refractivity contribution in [2.45, 2.75) is 0 Å². The Labute approximate surface area is 200 Å². The molecule has 5 nitrogen and oxygen atoms in total. The fourth-order valence-corrected chi connectivity index (χ4v) is 4.83. The van der Waals surface area contributed by atoms with Gasteiger partial charge < -0.3 is 14.6 Å². The van der Waals surface area contributed by atoms with Crippen molar-refractivity contribution in [3.8, 4) is 5.75 Å². The van der Waals surface area contributed by atoms with Gasteiger partial charge in [0.1, 0.15) is 12.4 Å². The molecule has 0 fully saturated rings. The molecule has 1 N–H and O–H groups in total. The maximum atomic E-state index is 13.1. The summed E-state index contributed by atoms with van der Waals surface area (Å²) < 4.78 is 10.9. The second-order valence-corrected chi connectivity index (χ2v) is 8.38. The quantitative estimate of drug-likeness (QED) is 0.146. The normalized spacial score (nSPS) is 11.5. The number of esters is 2. The first-order chi connectivity index (χ1) is 17.2. The second kappa shape index (κ2) is 8.38. The van der Waals surface area contributed by atoms with Crippen LogP contribution in [0.5, 0.6) is 5.75 Å². The highest BCUT2D eigenvalue weighted by atomic mass is 16.5. The van der Waals surface area contributed by atoms with E-state index in [4.69, 9.17) is 14.6 Å². The first kappa shape index (κ1) is 21.1. The molecule has 170 valence electrons. The van der Waals surface area contributed by atoms with Gasteiger partial charge in [-0.25, -0.2) is 9.59 Å². The van der Waals surface area contributed by atoms with Gasteiger partial charge in [0.25, 0.3) is 0 Å². The summed E-state index contributed by atoms with van der Waals surface area (Å²) >= 11 is 0. The fourth-order valence-electron chi connectivity index (χ4n) is 4.83. The van der Waals surface area contributed by atoms with Gasteiger partial charge in [0, 0.05) is 10.8 Å². The first-order valence-electron chi connectivity index (χ1n) is 11.3. The molecule has 0 saturated carbocycles. The molecular weight excluding hydrogens is 440 g/mol. The Hall–Kier alpha value is -4.48. The van der Waals surface area contributed by atoms with E-state index in [0.29, 0.717) is 16.9 Å². The van der Waals surface area contributed by atoms with E-state index in [2.05, 4.69) is 42.5 Å². The Balaban J connectivity index is 1.46. The summed E-state index contributed by atoms with van der Waals surface area (Å²) in [6.07, 6.45) is 0. The summed E-state index contributed by atoms with van der Waals surface area (Å²) in [6, 6.07) is 28.6. The summed E-state index contributed by atoms with van der Waals surface area (Å²) in [7, 11) is 0. The lowest BCUT2D eigenvalue weighted by atomic mass is 9.89. The first-order valence-corrected chi connectivity index (χ1v) is 11.3. The van der Waals surface area contributed by atoms with E-state index >= 15 is 0 Å². The van der Waals surface area contributed by atoms with Crippen LogP contribution in [0, 0.1) is 0 Å². The predicted molar refractivity (Wildman–Crippen MR) is 136 cm³/mol. The molecule has 0 unspecified atom stereocenters. The number of rotatable bonds is 5. The zero-order chi connectivity index (χ0) is 23.9. The van der Waals surface area contributed by atoms with E-state index in [1.54, 1.807) is 0 Å². The van der Waals surface area contributed by atoms with Gasteiger partial charge in [-0.2, -0.15) is 0 Å². The lowest BCUT2D eigenvalue weighted by Crippen LogP contribution is -2.11. The van der Waals surface area contributed by atoms with Gasteiger partial charge in [-0.3, -0.25) is 0 Å². The van der Waals surface area contributed by atoms with Crippen LogP contribution >= 0.6 is 0 Å². The number of ether oxygens (including phenoxy) is 2. The van der Waals surface area contributed by atoms with Crippen LogP contribution in [-0.2, 0) is 4.74 Å². The summed E-state index contributed by atoms with van der Waals surface area (Å²) in [5.74, 6) is -0.583. The van der Waals surface area contributed by atoms with E-state index in [1.165, 1.54) is 29.7 Å². The molecule has 0 aromatic heterocycles. The number of aliphatic hydroxyl groups excluding tert-OH is 1. The standard InChI is InChI=1S/C30H20O5/c31-16-17-34-29(32)20-10-12-21(13-11-20)30(33)35-25-15-14-19-6-2-8-23-22-7-1-4-18-5-3-9-24(26(18)22)28(25)27(19)23/h1-15,31H,16-17H2. The van der Waals surface area contributed by atoms with E-state index in [1.807, 2.05) is 24.3 Å². The Bertz CT molecular complexity index is 1730. The lowest BCUT2D eigenvalue weighted by molar-refractivity contribution is 0.0433. The Kier molecular flexibility index (Phi) is 5.05. The van der Waals surface area contributed by atoms with Crippen LogP contribution in [0.2, 0.25) is 0 Å². The van der Waals surface area contributed by atoms with Crippen LogP contribution in [0.4, 0.5) is 0 Å². The molecule has 0 bridgehead atoms. The third kappa shape index (κ3) is 3.45. The Morgan fingerprint density at radius 1 is 0.600 bits per heavy atom. The fraction of sp³-hybridized carbons (Fsp3) is 0.0667. The number of aliphatic hydroxyl groups is 1. The number of hydrogen-bond acceptors (Lipinski definition) is 5. The van der Waals surface area contributed by atoms with Gasteiger partial charge in [-0.15, -0.1) is 0 Å². The van der Waals surface area contributed by atoms with Gasteiger partial charge >= 0.3 is 11.9 Å².